The van der Waals surface area contributed by atoms with Gasteiger partial charge in [0.1, 0.15) is 6.29 Å². The SMILES string of the molecule is C=C(CC)CCC/C=C(/C=O)C/C=C\C. The molecule has 0 heterocycles. The van der Waals surface area contributed by atoms with Crippen molar-refractivity contribution in [3.05, 3.63) is 36.0 Å². The van der Waals surface area contributed by atoms with Gasteiger partial charge in [0.25, 0.3) is 0 Å². The number of rotatable bonds is 8. The summed E-state index contributed by atoms with van der Waals surface area (Å²) in [5.41, 5.74) is 2.18. The van der Waals surface area contributed by atoms with Crippen LogP contribution in [0.2, 0.25) is 0 Å². The zero-order chi connectivity index (χ0) is 11.5. The van der Waals surface area contributed by atoms with Crippen molar-refractivity contribution in [3.8, 4) is 0 Å². The molecule has 0 spiro atoms. The molecular formula is C14H22O. The molecule has 0 N–H and O–H groups in total. The third-order valence-corrected chi connectivity index (χ3v) is 2.38. The second kappa shape index (κ2) is 9.45. The Morgan fingerprint density at radius 2 is 2.13 bits per heavy atom. The number of carbonyl (C=O) groups is 1. The minimum atomic E-state index is 0.759. The van der Waals surface area contributed by atoms with E-state index in [1.807, 2.05) is 25.2 Å². The molecule has 0 saturated heterocycles. The van der Waals surface area contributed by atoms with Crippen LogP contribution in [0.5, 0.6) is 0 Å². The molecule has 1 heteroatoms. The lowest BCUT2D eigenvalue weighted by molar-refractivity contribution is -0.105. The third-order valence-electron chi connectivity index (χ3n) is 2.38. The van der Waals surface area contributed by atoms with Crippen LogP contribution >= 0.6 is 0 Å². The van der Waals surface area contributed by atoms with Gasteiger partial charge in [-0.2, -0.15) is 0 Å². The molecular weight excluding hydrogens is 184 g/mol. The third kappa shape index (κ3) is 7.92. The Kier molecular flexibility index (Phi) is 8.75. The summed E-state index contributed by atoms with van der Waals surface area (Å²) in [6.07, 6.45) is 11.9. The van der Waals surface area contributed by atoms with Gasteiger partial charge < -0.3 is 0 Å². The minimum Gasteiger partial charge on any atom is -0.298 e. The van der Waals surface area contributed by atoms with E-state index in [1.54, 1.807) is 0 Å². The zero-order valence-corrected chi connectivity index (χ0v) is 9.96. The first-order valence-electron chi connectivity index (χ1n) is 5.66. The van der Waals surface area contributed by atoms with Gasteiger partial charge in [-0.15, -0.1) is 0 Å². The van der Waals surface area contributed by atoms with E-state index in [-0.39, 0.29) is 0 Å². The second-order valence-electron chi connectivity index (χ2n) is 3.67. The Balaban J connectivity index is 3.80. The molecule has 0 amide bonds. The summed E-state index contributed by atoms with van der Waals surface area (Å²) < 4.78 is 0. The molecule has 0 fully saturated rings. The summed E-state index contributed by atoms with van der Waals surface area (Å²) in [4.78, 5) is 10.7. The van der Waals surface area contributed by atoms with Crippen molar-refractivity contribution in [2.75, 3.05) is 0 Å². The van der Waals surface area contributed by atoms with Crippen LogP contribution in [-0.4, -0.2) is 6.29 Å². The van der Waals surface area contributed by atoms with Crippen LogP contribution in [0.25, 0.3) is 0 Å². The van der Waals surface area contributed by atoms with E-state index in [2.05, 4.69) is 13.5 Å². The van der Waals surface area contributed by atoms with Crippen LogP contribution in [0.4, 0.5) is 0 Å². The van der Waals surface area contributed by atoms with Gasteiger partial charge in [0.15, 0.2) is 0 Å². The molecule has 15 heavy (non-hydrogen) atoms. The Hall–Kier alpha value is -1.11. The van der Waals surface area contributed by atoms with Gasteiger partial charge >= 0.3 is 0 Å². The van der Waals surface area contributed by atoms with Crippen LogP contribution in [0.3, 0.4) is 0 Å². The topological polar surface area (TPSA) is 17.1 Å². The maximum absolute atomic E-state index is 10.7. The molecule has 0 aliphatic rings. The van der Waals surface area contributed by atoms with Crippen LogP contribution < -0.4 is 0 Å². The van der Waals surface area contributed by atoms with Crippen molar-refractivity contribution in [2.24, 2.45) is 0 Å². The molecule has 0 unspecified atom stereocenters. The molecule has 0 radical (unpaired) electrons. The quantitative estimate of drug-likeness (QED) is 0.251. The fourth-order valence-electron chi connectivity index (χ4n) is 1.25. The highest BCUT2D eigenvalue weighted by Gasteiger charge is 1.93. The van der Waals surface area contributed by atoms with Crippen molar-refractivity contribution in [3.63, 3.8) is 0 Å². The summed E-state index contributed by atoms with van der Waals surface area (Å²) in [5.74, 6) is 0. The zero-order valence-electron chi connectivity index (χ0n) is 9.96. The molecule has 84 valence electrons. The molecule has 0 bridgehead atoms. The second-order valence-corrected chi connectivity index (χ2v) is 3.67. The lowest BCUT2D eigenvalue weighted by Gasteiger charge is -2.00. The molecule has 0 aromatic heterocycles. The lowest BCUT2D eigenvalue weighted by atomic mass is 10.1. The summed E-state index contributed by atoms with van der Waals surface area (Å²) in [5, 5.41) is 0. The van der Waals surface area contributed by atoms with Crippen molar-refractivity contribution in [1.82, 2.24) is 0 Å². The highest BCUT2D eigenvalue weighted by molar-refractivity contribution is 5.73. The number of carbonyl (C=O) groups excluding carboxylic acids is 1. The number of unbranched alkanes of at least 4 members (excludes halogenated alkanes) is 1. The van der Waals surface area contributed by atoms with Gasteiger partial charge in [0.05, 0.1) is 0 Å². The van der Waals surface area contributed by atoms with E-state index < -0.39 is 0 Å². The number of aldehydes is 1. The van der Waals surface area contributed by atoms with E-state index in [4.69, 9.17) is 0 Å². The molecule has 1 nitrogen and oxygen atoms in total. The fourth-order valence-corrected chi connectivity index (χ4v) is 1.25. The van der Waals surface area contributed by atoms with Crippen LogP contribution in [0.1, 0.15) is 46.0 Å². The van der Waals surface area contributed by atoms with E-state index in [1.165, 1.54) is 5.57 Å². The molecule has 0 aromatic carbocycles. The first-order chi connectivity index (χ1) is 7.24. The van der Waals surface area contributed by atoms with E-state index in [0.29, 0.717) is 0 Å². The number of allylic oxidation sites excluding steroid dienone is 5. The van der Waals surface area contributed by atoms with Crippen LogP contribution in [-0.2, 0) is 4.79 Å². The summed E-state index contributed by atoms with van der Waals surface area (Å²) in [6.45, 7) is 8.05. The van der Waals surface area contributed by atoms with E-state index in [0.717, 1.165) is 44.0 Å². The van der Waals surface area contributed by atoms with Gasteiger partial charge in [-0.05, 0) is 44.6 Å². The predicted octanol–water partition coefficient (Wildman–Crippen LogP) is 4.21. The monoisotopic (exact) mass is 206 g/mol. The van der Waals surface area contributed by atoms with Gasteiger partial charge in [-0.1, -0.05) is 37.3 Å². The molecule has 0 aromatic rings. The number of hydrogen-bond acceptors (Lipinski definition) is 1. The average molecular weight is 206 g/mol. The molecule has 0 aliphatic carbocycles. The Labute approximate surface area is 93.6 Å². The predicted molar refractivity (Wildman–Crippen MR) is 66.9 cm³/mol. The summed E-state index contributed by atoms with van der Waals surface area (Å²) >= 11 is 0. The Morgan fingerprint density at radius 1 is 1.40 bits per heavy atom. The van der Waals surface area contributed by atoms with Gasteiger partial charge in [-0.25, -0.2) is 0 Å². The smallest absolute Gasteiger partial charge is 0.146 e. The fraction of sp³-hybridized carbons (Fsp3) is 0.500. The maximum atomic E-state index is 10.7. The molecule has 0 rings (SSSR count). The first-order valence-corrected chi connectivity index (χ1v) is 5.66. The normalized spacial score (nSPS) is 12.0. The standard InChI is InChI=1S/C14H22O/c1-4-6-10-14(12-15)11-8-7-9-13(3)5-2/h4,6,11-12H,3,5,7-10H2,1-2H3/b6-4-,14-11+. The van der Waals surface area contributed by atoms with Gasteiger partial charge in [-0.3, -0.25) is 4.79 Å². The average Bonchev–Trinajstić information content (AvgIpc) is 2.27. The van der Waals surface area contributed by atoms with Gasteiger partial charge in [0.2, 0.25) is 0 Å². The molecule has 0 atom stereocenters. The number of hydrogen-bond donors (Lipinski definition) is 0. The minimum absolute atomic E-state index is 0.759. The van der Waals surface area contributed by atoms with Crippen molar-refractivity contribution in [2.45, 2.75) is 46.0 Å². The maximum Gasteiger partial charge on any atom is 0.146 e. The van der Waals surface area contributed by atoms with Crippen LogP contribution in [0.15, 0.2) is 36.0 Å². The Bertz CT molecular complexity index is 246. The molecule has 0 aliphatic heterocycles. The van der Waals surface area contributed by atoms with Crippen molar-refractivity contribution >= 4 is 6.29 Å². The van der Waals surface area contributed by atoms with Crippen molar-refractivity contribution < 1.29 is 4.79 Å². The Morgan fingerprint density at radius 3 is 2.67 bits per heavy atom. The van der Waals surface area contributed by atoms with Crippen LogP contribution in [0, 0.1) is 0 Å². The van der Waals surface area contributed by atoms with E-state index in [9.17, 15) is 4.79 Å². The molecule has 0 saturated carbocycles. The first kappa shape index (κ1) is 13.9. The summed E-state index contributed by atoms with van der Waals surface area (Å²) in [6, 6.07) is 0. The van der Waals surface area contributed by atoms with E-state index >= 15 is 0 Å². The highest BCUT2D eigenvalue weighted by Crippen LogP contribution is 2.10. The van der Waals surface area contributed by atoms with Crippen molar-refractivity contribution in [1.29, 1.82) is 0 Å². The lowest BCUT2D eigenvalue weighted by Crippen LogP contribution is -1.84. The van der Waals surface area contributed by atoms with Gasteiger partial charge in [0, 0.05) is 0 Å². The summed E-state index contributed by atoms with van der Waals surface area (Å²) in [7, 11) is 0. The highest BCUT2D eigenvalue weighted by atomic mass is 16.1. The largest absolute Gasteiger partial charge is 0.298 e.